The van der Waals surface area contributed by atoms with Gasteiger partial charge in [-0.05, 0) is 42.5 Å². The Hall–Kier alpha value is -3.78. The van der Waals surface area contributed by atoms with Crippen molar-refractivity contribution >= 4 is 28.4 Å². The van der Waals surface area contributed by atoms with E-state index in [-0.39, 0.29) is 0 Å². The Kier molecular flexibility index (Phi) is 5.44. The fourth-order valence-electron chi connectivity index (χ4n) is 2.74. The first-order valence-electron chi connectivity index (χ1n) is 9.08. The minimum absolute atomic E-state index is 0.409. The zero-order valence-corrected chi connectivity index (χ0v) is 15.9. The van der Waals surface area contributed by atoms with E-state index in [4.69, 9.17) is 19.9 Å². The number of nitrogens with two attached hydrogens (primary N) is 1. The second-order valence-corrected chi connectivity index (χ2v) is 6.26. The quantitative estimate of drug-likeness (QED) is 0.306. The van der Waals surface area contributed by atoms with Crippen molar-refractivity contribution in [3.63, 3.8) is 0 Å². The van der Waals surface area contributed by atoms with E-state index in [9.17, 15) is 0 Å². The molecule has 0 saturated carbocycles. The number of fused-ring (bicyclic) bond motifs is 1. The molecule has 0 aliphatic carbocycles. The average Bonchev–Trinajstić information content (AvgIpc) is 3.19. The lowest BCUT2D eigenvalue weighted by molar-refractivity contribution is 0.146. The van der Waals surface area contributed by atoms with Gasteiger partial charge in [0.05, 0.1) is 12.0 Å². The van der Waals surface area contributed by atoms with Gasteiger partial charge in [0, 0.05) is 30.7 Å². The molecular weight excluding hydrogens is 370 g/mol. The van der Waals surface area contributed by atoms with Crippen molar-refractivity contribution in [1.29, 1.82) is 0 Å². The fraction of sp³-hybridized carbons (Fsp3) is 0.143. The normalized spacial score (nSPS) is 10.8. The van der Waals surface area contributed by atoms with Crippen LogP contribution in [0.15, 0.2) is 60.8 Å². The molecule has 0 amide bonds. The van der Waals surface area contributed by atoms with Gasteiger partial charge >= 0.3 is 0 Å². The summed E-state index contributed by atoms with van der Waals surface area (Å²) in [5, 5.41) is 3.97. The maximum Gasteiger partial charge on any atom is 0.233 e. The van der Waals surface area contributed by atoms with Gasteiger partial charge in [-0.25, -0.2) is 0 Å². The molecule has 2 aromatic heterocycles. The van der Waals surface area contributed by atoms with Gasteiger partial charge in [0.2, 0.25) is 11.8 Å². The van der Waals surface area contributed by atoms with Crippen molar-refractivity contribution in [3.8, 4) is 17.4 Å². The first-order chi connectivity index (χ1) is 14.2. The highest BCUT2D eigenvalue weighted by Crippen LogP contribution is 2.30. The van der Waals surface area contributed by atoms with Crippen LogP contribution in [0, 0.1) is 0 Å². The number of aromatic nitrogens is 3. The van der Waals surface area contributed by atoms with E-state index in [2.05, 4.69) is 20.3 Å². The molecule has 0 radical (unpaired) electrons. The fourth-order valence-corrected chi connectivity index (χ4v) is 2.74. The van der Waals surface area contributed by atoms with Crippen molar-refractivity contribution in [1.82, 2.24) is 15.0 Å². The molecule has 8 nitrogen and oxygen atoms in total. The number of rotatable bonds is 8. The van der Waals surface area contributed by atoms with Crippen LogP contribution in [0.3, 0.4) is 0 Å². The summed E-state index contributed by atoms with van der Waals surface area (Å²) in [7, 11) is 1.64. The SMILES string of the molecule is COCCOc1ccc(Nc2nc(Oc3cccc(N)c3)c3cc[nH]c3n2)cc1. The van der Waals surface area contributed by atoms with Gasteiger partial charge < -0.3 is 30.2 Å². The summed E-state index contributed by atoms with van der Waals surface area (Å²) in [6.45, 7) is 1.04. The van der Waals surface area contributed by atoms with Gasteiger partial charge in [0.1, 0.15) is 23.8 Å². The lowest BCUT2D eigenvalue weighted by atomic mass is 10.3. The Morgan fingerprint density at radius 1 is 1.00 bits per heavy atom. The number of hydrogen-bond donors (Lipinski definition) is 3. The van der Waals surface area contributed by atoms with Gasteiger partial charge in [-0.3, -0.25) is 0 Å². The van der Waals surface area contributed by atoms with E-state index in [0.29, 0.717) is 42.1 Å². The first-order valence-corrected chi connectivity index (χ1v) is 9.08. The maximum absolute atomic E-state index is 5.96. The van der Waals surface area contributed by atoms with Crippen LogP contribution < -0.4 is 20.5 Å². The van der Waals surface area contributed by atoms with Gasteiger partial charge in [0.25, 0.3) is 0 Å². The molecular formula is C21H21N5O3. The molecule has 4 N–H and O–H groups in total. The number of aromatic amines is 1. The Labute approximate surface area is 167 Å². The summed E-state index contributed by atoms with van der Waals surface area (Å²) in [4.78, 5) is 12.1. The van der Waals surface area contributed by atoms with E-state index >= 15 is 0 Å². The molecule has 0 saturated heterocycles. The predicted octanol–water partition coefficient (Wildman–Crippen LogP) is 4.10. The van der Waals surface area contributed by atoms with Crippen LogP contribution in [0.1, 0.15) is 0 Å². The van der Waals surface area contributed by atoms with Gasteiger partial charge in [-0.2, -0.15) is 9.97 Å². The highest BCUT2D eigenvalue weighted by atomic mass is 16.5. The zero-order valence-electron chi connectivity index (χ0n) is 15.9. The second kappa shape index (κ2) is 8.49. The molecule has 4 aromatic rings. The van der Waals surface area contributed by atoms with Crippen LogP contribution in [-0.2, 0) is 4.74 Å². The van der Waals surface area contributed by atoms with E-state index in [0.717, 1.165) is 16.8 Å². The number of ether oxygens (including phenoxy) is 3. The number of anilines is 3. The number of hydrogen-bond acceptors (Lipinski definition) is 7. The van der Waals surface area contributed by atoms with Crippen molar-refractivity contribution in [3.05, 3.63) is 60.8 Å². The van der Waals surface area contributed by atoms with Crippen LogP contribution in [0.5, 0.6) is 17.4 Å². The maximum atomic E-state index is 5.96. The molecule has 148 valence electrons. The van der Waals surface area contributed by atoms with Gasteiger partial charge in [-0.1, -0.05) is 6.07 Å². The smallest absolute Gasteiger partial charge is 0.233 e. The van der Waals surface area contributed by atoms with Crippen LogP contribution in [0.25, 0.3) is 11.0 Å². The number of nitrogens with one attached hydrogen (secondary N) is 2. The van der Waals surface area contributed by atoms with Crippen molar-refractivity contribution in [2.75, 3.05) is 31.4 Å². The summed E-state index contributed by atoms with van der Waals surface area (Å²) >= 11 is 0. The molecule has 29 heavy (non-hydrogen) atoms. The van der Waals surface area contributed by atoms with Crippen molar-refractivity contribution < 1.29 is 14.2 Å². The lowest BCUT2D eigenvalue weighted by Gasteiger charge is -2.10. The molecule has 2 aromatic carbocycles. The highest BCUT2D eigenvalue weighted by Gasteiger charge is 2.11. The van der Waals surface area contributed by atoms with Crippen LogP contribution in [0.4, 0.5) is 17.3 Å². The summed E-state index contributed by atoms with van der Waals surface area (Å²) in [5.41, 5.74) is 7.95. The summed E-state index contributed by atoms with van der Waals surface area (Å²) < 4.78 is 16.5. The highest BCUT2D eigenvalue weighted by molar-refractivity contribution is 5.82. The van der Waals surface area contributed by atoms with E-state index in [1.165, 1.54) is 0 Å². The van der Waals surface area contributed by atoms with E-state index in [1.807, 2.05) is 42.5 Å². The third-order valence-corrected chi connectivity index (χ3v) is 4.12. The van der Waals surface area contributed by atoms with E-state index in [1.54, 1.807) is 25.4 Å². The van der Waals surface area contributed by atoms with Crippen LogP contribution in [-0.4, -0.2) is 35.3 Å². The minimum Gasteiger partial charge on any atom is -0.491 e. The molecule has 4 rings (SSSR count). The molecule has 0 aliphatic heterocycles. The molecule has 0 fully saturated rings. The first kappa shape index (κ1) is 18.6. The number of nitrogens with zero attached hydrogens (tertiary/aromatic N) is 2. The molecule has 0 atom stereocenters. The number of nitrogen functional groups attached to an aromatic ring is 1. The number of benzene rings is 2. The van der Waals surface area contributed by atoms with Crippen molar-refractivity contribution in [2.24, 2.45) is 0 Å². The number of H-pyrrole nitrogens is 1. The lowest BCUT2D eigenvalue weighted by Crippen LogP contribution is -2.04. The summed E-state index contributed by atoms with van der Waals surface area (Å²) in [6, 6.07) is 16.6. The molecule has 0 spiro atoms. The molecule has 0 aliphatic rings. The summed E-state index contributed by atoms with van der Waals surface area (Å²) in [6.07, 6.45) is 1.79. The standard InChI is InChI=1S/C21H21N5O3/c1-27-11-12-28-16-7-5-15(6-8-16)24-21-25-19-18(9-10-23-19)20(26-21)29-17-4-2-3-14(22)13-17/h2-10,13H,11-12,22H2,1H3,(H2,23,24,25,26). The minimum atomic E-state index is 0.409. The predicted molar refractivity (Wildman–Crippen MR) is 112 cm³/mol. The zero-order chi connectivity index (χ0) is 20.1. The monoisotopic (exact) mass is 391 g/mol. The Balaban J connectivity index is 1.55. The molecule has 2 heterocycles. The third-order valence-electron chi connectivity index (χ3n) is 4.12. The average molecular weight is 391 g/mol. The Morgan fingerprint density at radius 2 is 1.86 bits per heavy atom. The second-order valence-electron chi connectivity index (χ2n) is 6.26. The summed E-state index contributed by atoms with van der Waals surface area (Å²) in [5.74, 6) is 2.21. The third kappa shape index (κ3) is 4.56. The topological polar surface area (TPSA) is 107 Å². The number of methoxy groups -OCH3 is 1. The van der Waals surface area contributed by atoms with Gasteiger partial charge in [0.15, 0.2) is 0 Å². The molecule has 0 bridgehead atoms. The van der Waals surface area contributed by atoms with Crippen LogP contribution >= 0.6 is 0 Å². The van der Waals surface area contributed by atoms with Gasteiger partial charge in [-0.15, -0.1) is 0 Å². The van der Waals surface area contributed by atoms with Crippen molar-refractivity contribution in [2.45, 2.75) is 0 Å². The molecule has 0 unspecified atom stereocenters. The Morgan fingerprint density at radius 3 is 2.66 bits per heavy atom. The Bertz CT molecular complexity index is 1100. The van der Waals surface area contributed by atoms with E-state index < -0.39 is 0 Å². The molecule has 8 heteroatoms. The van der Waals surface area contributed by atoms with Crippen LogP contribution in [0.2, 0.25) is 0 Å². The largest absolute Gasteiger partial charge is 0.491 e.